The fraction of sp³-hybridized carbons (Fsp3) is 0.286. The van der Waals surface area contributed by atoms with Crippen molar-refractivity contribution >= 4 is 21.6 Å². The van der Waals surface area contributed by atoms with Crippen LogP contribution >= 0.6 is 11.8 Å². The fourth-order valence-electron chi connectivity index (χ4n) is 1.82. The Kier molecular flexibility index (Phi) is 5.36. The number of aromatic nitrogens is 3. The van der Waals surface area contributed by atoms with Gasteiger partial charge in [0.1, 0.15) is 15.7 Å². The van der Waals surface area contributed by atoms with Gasteiger partial charge in [0.25, 0.3) is 0 Å². The maximum Gasteiger partial charge on any atom is 0.191 e. The standard InChI is InChI=1S/C14H16FN3O2S2/c1-3-8-18-13(11-6-4-5-7-12(11)15)16-17-14(18)21-9-10-22(2,19)20/h3-7H,1,8-10H2,2H3. The summed E-state index contributed by atoms with van der Waals surface area (Å²) in [6, 6.07) is 6.32. The molecule has 118 valence electrons. The molecule has 0 saturated carbocycles. The molecule has 0 saturated heterocycles. The van der Waals surface area contributed by atoms with Gasteiger partial charge in [-0.25, -0.2) is 12.8 Å². The highest BCUT2D eigenvalue weighted by Gasteiger charge is 2.16. The largest absolute Gasteiger partial charge is 0.298 e. The first-order valence-electron chi connectivity index (χ1n) is 6.52. The molecule has 0 aliphatic carbocycles. The van der Waals surface area contributed by atoms with Crippen LogP contribution in [0.15, 0.2) is 42.1 Å². The van der Waals surface area contributed by atoms with E-state index in [0.29, 0.717) is 28.8 Å². The van der Waals surface area contributed by atoms with Crippen molar-refractivity contribution in [2.75, 3.05) is 17.8 Å². The lowest BCUT2D eigenvalue weighted by molar-refractivity contribution is 0.603. The number of hydrogen-bond donors (Lipinski definition) is 0. The van der Waals surface area contributed by atoms with Gasteiger partial charge in [0.05, 0.1) is 11.3 Å². The third kappa shape index (κ3) is 4.17. The average molecular weight is 341 g/mol. The van der Waals surface area contributed by atoms with Crippen molar-refractivity contribution in [2.45, 2.75) is 11.7 Å². The van der Waals surface area contributed by atoms with E-state index in [-0.39, 0.29) is 11.6 Å². The summed E-state index contributed by atoms with van der Waals surface area (Å²) in [7, 11) is -3.03. The summed E-state index contributed by atoms with van der Waals surface area (Å²) in [6.07, 6.45) is 2.85. The Morgan fingerprint density at radius 3 is 2.73 bits per heavy atom. The van der Waals surface area contributed by atoms with Crippen LogP contribution < -0.4 is 0 Å². The van der Waals surface area contributed by atoms with Crippen LogP contribution in [0.5, 0.6) is 0 Å². The number of benzene rings is 1. The summed E-state index contributed by atoms with van der Waals surface area (Å²) in [6.45, 7) is 4.09. The first-order chi connectivity index (χ1) is 10.4. The Labute approximate surface area is 133 Å². The van der Waals surface area contributed by atoms with Gasteiger partial charge in [-0.05, 0) is 12.1 Å². The molecule has 0 N–H and O–H groups in total. The van der Waals surface area contributed by atoms with Gasteiger partial charge in [0.15, 0.2) is 11.0 Å². The molecule has 0 aliphatic heterocycles. The second-order valence-electron chi connectivity index (χ2n) is 4.66. The van der Waals surface area contributed by atoms with Crippen molar-refractivity contribution in [3.05, 3.63) is 42.7 Å². The molecule has 8 heteroatoms. The molecule has 0 fully saturated rings. The molecule has 0 amide bonds. The molecule has 0 spiro atoms. The van der Waals surface area contributed by atoms with Gasteiger partial charge < -0.3 is 0 Å². The van der Waals surface area contributed by atoms with Crippen LogP contribution in [0.4, 0.5) is 4.39 Å². The predicted octanol–water partition coefficient (Wildman–Crippen LogP) is 2.41. The van der Waals surface area contributed by atoms with Crippen molar-refractivity contribution in [1.29, 1.82) is 0 Å². The maximum absolute atomic E-state index is 13.9. The molecule has 0 bridgehead atoms. The molecule has 0 unspecified atom stereocenters. The van der Waals surface area contributed by atoms with Crippen LogP contribution in [0.1, 0.15) is 0 Å². The second kappa shape index (κ2) is 7.06. The number of sulfone groups is 1. The van der Waals surface area contributed by atoms with E-state index in [1.54, 1.807) is 28.8 Å². The lowest BCUT2D eigenvalue weighted by Crippen LogP contribution is -2.07. The molecule has 0 aliphatic rings. The minimum atomic E-state index is -3.03. The van der Waals surface area contributed by atoms with Crippen LogP contribution in [-0.4, -0.2) is 40.9 Å². The van der Waals surface area contributed by atoms with Crippen molar-refractivity contribution in [1.82, 2.24) is 14.8 Å². The third-order valence-electron chi connectivity index (χ3n) is 2.83. The van der Waals surface area contributed by atoms with Crippen molar-refractivity contribution in [3.8, 4) is 11.4 Å². The SMILES string of the molecule is C=CCn1c(SCCS(C)(=O)=O)nnc1-c1ccccc1F. The average Bonchev–Trinajstić information content (AvgIpc) is 2.82. The normalized spacial score (nSPS) is 11.5. The topological polar surface area (TPSA) is 64.8 Å². The maximum atomic E-state index is 13.9. The first-order valence-corrected chi connectivity index (χ1v) is 9.56. The highest BCUT2D eigenvalue weighted by Crippen LogP contribution is 2.25. The molecular formula is C14H16FN3O2S2. The van der Waals surface area contributed by atoms with Crippen LogP contribution in [-0.2, 0) is 16.4 Å². The fourth-order valence-corrected chi connectivity index (χ4v) is 3.96. The zero-order chi connectivity index (χ0) is 16.2. The first kappa shape index (κ1) is 16.7. The van der Waals surface area contributed by atoms with Crippen molar-refractivity contribution < 1.29 is 12.8 Å². The van der Waals surface area contributed by atoms with Crippen LogP contribution in [0.25, 0.3) is 11.4 Å². The van der Waals surface area contributed by atoms with Gasteiger partial charge in [0, 0.05) is 18.6 Å². The van der Waals surface area contributed by atoms with E-state index in [0.717, 1.165) is 0 Å². The van der Waals surface area contributed by atoms with Crippen LogP contribution in [0, 0.1) is 5.82 Å². The summed E-state index contributed by atoms with van der Waals surface area (Å²) in [5, 5.41) is 8.62. The molecule has 1 aromatic carbocycles. The summed E-state index contributed by atoms with van der Waals surface area (Å²) < 4.78 is 38.0. The van der Waals surface area contributed by atoms with Gasteiger partial charge in [-0.3, -0.25) is 4.57 Å². The minimum absolute atomic E-state index is 0.0493. The highest BCUT2D eigenvalue weighted by molar-refractivity contribution is 8.00. The Morgan fingerprint density at radius 1 is 1.36 bits per heavy atom. The van der Waals surface area contributed by atoms with E-state index in [2.05, 4.69) is 16.8 Å². The minimum Gasteiger partial charge on any atom is -0.298 e. The molecule has 1 heterocycles. The van der Waals surface area contributed by atoms with Gasteiger partial charge in [0.2, 0.25) is 0 Å². The molecule has 0 radical (unpaired) electrons. The molecule has 22 heavy (non-hydrogen) atoms. The predicted molar refractivity (Wildman–Crippen MR) is 86.0 cm³/mol. The molecule has 0 atom stereocenters. The second-order valence-corrected chi connectivity index (χ2v) is 7.99. The smallest absolute Gasteiger partial charge is 0.191 e. The lowest BCUT2D eigenvalue weighted by atomic mass is 10.2. The van der Waals surface area contributed by atoms with Crippen LogP contribution in [0.2, 0.25) is 0 Å². The number of hydrogen-bond acceptors (Lipinski definition) is 5. The van der Waals surface area contributed by atoms with Gasteiger partial charge in [-0.1, -0.05) is 30.0 Å². The van der Waals surface area contributed by atoms with E-state index in [1.807, 2.05) is 0 Å². The molecule has 5 nitrogen and oxygen atoms in total. The Morgan fingerprint density at radius 2 is 2.09 bits per heavy atom. The number of nitrogens with zero attached hydrogens (tertiary/aromatic N) is 3. The molecule has 2 rings (SSSR count). The quantitative estimate of drug-likeness (QED) is 0.571. The highest BCUT2D eigenvalue weighted by atomic mass is 32.2. The van der Waals surface area contributed by atoms with E-state index in [4.69, 9.17) is 0 Å². The zero-order valence-corrected chi connectivity index (χ0v) is 13.7. The number of thioether (sulfide) groups is 1. The third-order valence-corrected chi connectivity index (χ3v) is 5.00. The van der Waals surface area contributed by atoms with E-state index >= 15 is 0 Å². The summed E-state index contributed by atoms with van der Waals surface area (Å²) >= 11 is 1.28. The summed E-state index contributed by atoms with van der Waals surface area (Å²) in [5.41, 5.74) is 0.354. The molecule has 2 aromatic rings. The summed E-state index contributed by atoms with van der Waals surface area (Å²) in [5.74, 6) is 0.437. The van der Waals surface area contributed by atoms with Crippen LogP contribution in [0.3, 0.4) is 0 Å². The number of halogens is 1. The van der Waals surface area contributed by atoms with Gasteiger partial charge in [-0.15, -0.1) is 16.8 Å². The monoisotopic (exact) mass is 341 g/mol. The summed E-state index contributed by atoms with van der Waals surface area (Å²) in [4.78, 5) is 0. The van der Waals surface area contributed by atoms with Crippen molar-refractivity contribution in [2.24, 2.45) is 0 Å². The number of allylic oxidation sites excluding steroid dienone is 1. The van der Waals surface area contributed by atoms with E-state index in [1.165, 1.54) is 24.1 Å². The number of rotatable bonds is 7. The van der Waals surface area contributed by atoms with E-state index < -0.39 is 9.84 Å². The van der Waals surface area contributed by atoms with Gasteiger partial charge >= 0.3 is 0 Å². The lowest BCUT2D eigenvalue weighted by Gasteiger charge is -2.08. The Hall–Kier alpha value is -1.67. The molecular weight excluding hydrogens is 325 g/mol. The van der Waals surface area contributed by atoms with E-state index in [9.17, 15) is 12.8 Å². The Bertz CT molecular complexity index is 772. The van der Waals surface area contributed by atoms with Gasteiger partial charge in [-0.2, -0.15) is 0 Å². The zero-order valence-electron chi connectivity index (χ0n) is 12.1. The van der Waals surface area contributed by atoms with Crippen molar-refractivity contribution in [3.63, 3.8) is 0 Å². The molecule has 1 aromatic heterocycles. The Balaban J connectivity index is 2.29.